The largest absolute Gasteiger partial charge is 0.336 e. The molecule has 0 spiro atoms. The monoisotopic (exact) mass is 196 g/mol. The third-order valence-corrected chi connectivity index (χ3v) is 2.90. The topological polar surface area (TPSA) is 40.6 Å². The number of nitrogens with zero attached hydrogens (tertiary/aromatic N) is 2. The summed E-state index contributed by atoms with van der Waals surface area (Å²) in [7, 11) is 0. The Balaban J connectivity index is 1.92. The van der Waals surface area contributed by atoms with Gasteiger partial charge in [0, 0.05) is 25.6 Å². The van der Waals surface area contributed by atoms with E-state index in [0.717, 1.165) is 25.9 Å². The molecule has 2 amide bonds. The zero-order valence-electron chi connectivity index (χ0n) is 8.53. The summed E-state index contributed by atoms with van der Waals surface area (Å²) >= 11 is 0. The Morgan fingerprint density at radius 1 is 1.43 bits per heavy atom. The fraction of sp³-hybridized carbons (Fsp3) is 0.800. The van der Waals surface area contributed by atoms with Crippen molar-refractivity contribution in [2.24, 2.45) is 0 Å². The highest BCUT2D eigenvalue weighted by Gasteiger charge is 2.36. The smallest absolute Gasteiger partial charge is 0.242 e. The molecule has 0 aromatic carbocycles. The van der Waals surface area contributed by atoms with E-state index in [4.69, 9.17) is 0 Å². The summed E-state index contributed by atoms with van der Waals surface area (Å²) in [6, 6.07) is 0.487. The number of rotatable bonds is 2. The summed E-state index contributed by atoms with van der Waals surface area (Å²) in [5.41, 5.74) is 0. The maximum Gasteiger partial charge on any atom is 0.242 e. The lowest BCUT2D eigenvalue weighted by Crippen LogP contribution is -2.52. The first-order chi connectivity index (χ1) is 6.72. The van der Waals surface area contributed by atoms with Gasteiger partial charge in [-0.15, -0.1) is 0 Å². The molecule has 1 heterocycles. The molecular formula is C10H16N2O2. The lowest BCUT2D eigenvalue weighted by Gasteiger charge is -2.34. The van der Waals surface area contributed by atoms with Crippen LogP contribution in [0.5, 0.6) is 0 Å². The molecule has 0 radical (unpaired) electrons. The third-order valence-electron chi connectivity index (χ3n) is 2.90. The van der Waals surface area contributed by atoms with Crippen LogP contribution in [0.4, 0.5) is 0 Å². The van der Waals surface area contributed by atoms with Gasteiger partial charge in [-0.25, -0.2) is 0 Å². The van der Waals surface area contributed by atoms with Crippen LogP contribution in [-0.4, -0.2) is 47.3 Å². The van der Waals surface area contributed by atoms with Crippen LogP contribution in [0.15, 0.2) is 0 Å². The van der Waals surface area contributed by atoms with Crippen molar-refractivity contribution in [3.05, 3.63) is 0 Å². The van der Waals surface area contributed by atoms with Crippen molar-refractivity contribution >= 4 is 11.8 Å². The average molecular weight is 196 g/mol. The quantitative estimate of drug-likeness (QED) is 0.634. The molecule has 1 saturated heterocycles. The van der Waals surface area contributed by atoms with Crippen LogP contribution >= 0.6 is 0 Å². The molecule has 78 valence electrons. The van der Waals surface area contributed by atoms with Crippen molar-refractivity contribution in [2.75, 3.05) is 19.6 Å². The second-order valence-corrected chi connectivity index (χ2v) is 3.99. The van der Waals surface area contributed by atoms with Gasteiger partial charge in [-0.3, -0.25) is 9.59 Å². The molecule has 1 saturated carbocycles. The summed E-state index contributed by atoms with van der Waals surface area (Å²) in [4.78, 5) is 26.6. The lowest BCUT2D eigenvalue weighted by atomic mass is 10.2. The number of hydrogen-bond donors (Lipinski definition) is 0. The zero-order valence-corrected chi connectivity index (χ0v) is 8.53. The van der Waals surface area contributed by atoms with Crippen LogP contribution in [0.1, 0.15) is 26.2 Å². The summed E-state index contributed by atoms with van der Waals surface area (Å²) in [6.45, 7) is 3.58. The Kier molecular flexibility index (Phi) is 2.44. The highest BCUT2D eigenvalue weighted by molar-refractivity contribution is 5.86. The number of carbonyl (C=O) groups is 2. The van der Waals surface area contributed by atoms with Crippen molar-refractivity contribution < 1.29 is 9.59 Å². The molecule has 0 bridgehead atoms. The Hall–Kier alpha value is -1.06. The number of piperazine rings is 1. The van der Waals surface area contributed by atoms with Gasteiger partial charge in [0.15, 0.2) is 0 Å². The Morgan fingerprint density at radius 3 is 2.64 bits per heavy atom. The minimum Gasteiger partial charge on any atom is -0.336 e. The summed E-state index contributed by atoms with van der Waals surface area (Å²) in [6.07, 6.45) is 2.79. The molecule has 1 aliphatic carbocycles. The average Bonchev–Trinajstić information content (AvgIpc) is 3.00. The fourth-order valence-corrected chi connectivity index (χ4v) is 1.90. The van der Waals surface area contributed by atoms with Crippen LogP contribution in [0.2, 0.25) is 0 Å². The summed E-state index contributed by atoms with van der Waals surface area (Å²) in [5, 5.41) is 0. The van der Waals surface area contributed by atoms with E-state index < -0.39 is 0 Å². The number of amides is 2. The van der Waals surface area contributed by atoms with Crippen LogP contribution in [0.3, 0.4) is 0 Å². The molecule has 0 unspecified atom stereocenters. The minimum atomic E-state index is 0.0915. The first-order valence-electron chi connectivity index (χ1n) is 5.29. The molecule has 0 N–H and O–H groups in total. The molecule has 4 heteroatoms. The van der Waals surface area contributed by atoms with Gasteiger partial charge < -0.3 is 9.80 Å². The van der Waals surface area contributed by atoms with E-state index in [0.29, 0.717) is 19.0 Å². The standard InChI is InChI=1S/C10H16N2O2/c1-2-9(13)11-5-6-12(8-3-4-8)10(14)7-11/h8H,2-7H2,1H3. The Bertz CT molecular complexity index is 261. The predicted molar refractivity (Wildman–Crippen MR) is 51.6 cm³/mol. The van der Waals surface area contributed by atoms with Gasteiger partial charge in [0.1, 0.15) is 0 Å². The Labute approximate surface area is 83.9 Å². The highest BCUT2D eigenvalue weighted by Crippen LogP contribution is 2.27. The van der Waals surface area contributed by atoms with Gasteiger partial charge in [0.2, 0.25) is 11.8 Å². The van der Waals surface area contributed by atoms with Crippen molar-refractivity contribution in [3.8, 4) is 0 Å². The van der Waals surface area contributed by atoms with Crippen LogP contribution in [-0.2, 0) is 9.59 Å². The van der Waals surface area contributed by atoms with Gasteiger partial charge in [-0.2, -0.15) is 0 Å². The van der Waals surface area contributed by atoms with Crippen LogP contribution < -0.4 is 0 Å². The first-order valence-corrected chi connectivity index (χ1v) is 5.29. The fourth-order valence-electron chi connectivity index (χ4n) is 1.90. The van der Waals surface area contributed by atoms with Gasteiger partial charge >= 0.3 is 0 Å². The van der Waals surface area contributed by atoms with E-state index in [-0.39, 0.29) is 11.8 Å². The molecule has 14 heavy (non-hydrogen) atoms. The van der Waals surface area contributed by atoms with E-state index >= 15 is 0 Å². The van der Waals surface area contributed by atoms with Gasteiger partial charge in [0.05, 0.1) is 6.54 Å². The van der Waals surface area contributed by atoms with Gasteiger partial charge in [-0.05, 0) is 12.8 Å². The highest BCUT2D eigenvalue weighted by atomic mass is 16.2. The molecule has 1 aliphatic heterocycles. The maximum absolute atomic E-state index is 11.6. The molecule has 0 aromatic rings. The normalized spacial score (nSPS) is 22.8. The summed E-state index contributed by atoms with van der Waals surface area (Å²) in [5.74, 6) is 0.217. The van der Waals surface area contributed by atoms with Crippen LogP contribution in [0.25, 0.3) is 0 Å². The van der Waals surface area contributed by atoms with Gasteiger partial charge in [0.25, 0.3) is 0 Å². The number of carbonyl (C=O) groups excluding carboxylic acids is 2. The zero-order chi connectivity index (χ0) is 10.1. The second kappa shape index (κ2) is 3.59. The molecule has 2 rings (SSSR count). The molecule has 4 nitrogen and oxygen atoms in total. The molecule has 2 fully saturated rings. The van der Waals surface area contributed by atoms with E-state index in [9.17, 15) is 9.59 Å². The second-order valence-electron chi connectivity index (χ2n) is 3.99. The summed E-state index contributed by atoms with van der Waals surface area (Å²) < 4.78 is 0. The van der Waals surface area contributed by atoms with Crippen LogP contribution in [0, 0.1) is 0 Å². The third kappa shape index (κ3) is 1.74. The van der Waals surface area contributed by atoms with E-state index in [1.54, 1.807) is 4.90 Å². The lowest BCUT2D eigenvalue weighted by molar-refractivity contribution is -0.145. The number of hydrogen-bond acceptors (Lipinski definition) is 2. The SMILES string of the molecule is CCC(=O)N1CCN(C2CC2)C(=O)C1. The maximum atomic E-state index is 11.6. The predicted octanol–water partition coefficient (Wildman–Crippen LogP) is 0.230. The molecular weight excluding hydrogens is 180 g/mol. The van der Waals surface area contributed by atoms with Crippen molar-refractivity contribution in [1.29, 1.82) is 0 Å². The van der Waals surface area contributed by atoms with Gasteiger partial charge in [-0.1, -0.05) is 6.92 Å². The first kappa shape index (κ1) is 9.49. The molecule has 2 aliphatic rings. The molecule has 0 aromatic heterocycles. The van der Waals surface area contributed by atoms with Crippen molar-refractivity contribution in [1.82, 2.24) is 9.80 Å². The van der Waals surface area contributed by atoms with E-state index in [2.05, 4.69) is 0 Å². The minimum absolute atomic E-state index is 0.0915. The van der Waals surface area contributed by atoms with Crippen molar-refractivity contribution in [2.45, 2.75) is 32.2 Å². The van der Waals surface area contributed by atoms with Crippen molar-refractivity contribution in [3.63, 3.8) is 0 Å². The molecule has 0 atom stereocenters. The van der Waals surface area contributed by atoms with E-state index in [1.165, 1.54) is 0 Å². The Morgan fingerprint density at radius 2 is 2.14 bits per heavy atom. The van der Waals surface area contributed by atoms with E-state index in [1.807, 2.05) is 11.8 Å².